The first kappa shape index (κ1) is 23.9. The van der Waals surface area contributed by atoms with Gasteiger partial charge in [0.25, 0.3) is 5.91 Å². The van der Waals surface area contributed by atoms with Crippen molar-refractivity contribution in [2.24, 2.45) is 0 Å². The molecule has 3 aromatic rings. The number of benzene rings is 2. The lowest BCUT2D eigenvalue weighted by atomic mass is 9.86. The molecule has 2 aromatic carbocycles. The molecule has 5 nitrogen and oxygen atoms in total. The third kappa shape index (κ3) is 5.30. The highest BCUT2D eigenvalue weighted by Gasteiger charge is 2.26. The number of hydrogen-bond acceptors (Lipinski definition) is 4. The molecule has 1 saturated heterocycles. The summed E-state index contributed by atoms with van der Waals surface area (Å²) in [6.07, 6.45) is 0.808. The van der Waals surface area contributed by atoms with E-state index in [1.807, 2.05) is 24.0 Å². The standard InChI is InChI=1S/C29H36N4O/c1-20-8-7-9-23(18-20)19-26-21(2)30-22(3)31-27(26)32-14-16-33(17-15-32)28(34)24-10-12-25(13-11-24)29(4,5)6/h7-13,18H,14-17,19H2,1-6H3. The Balaban J connectivity index is 1.49. The zero-order chi connectivity index (χ0) is 24.5. The number of rotatable bonds is 4. The van der Waals surface area contributed by atoms with Crippen LogP contribution >= 0.6 is 0 Å². The number of hydrogen-bond donors (Lipinski definition) is 0. The topological polar surface area (TPSA) is 49.3 Å². The summed E-state index contributed by atoms with van der Waals surface area (Å²) in [4.78, 5) is 26.9. The van der Waals surface area contributed by atoms with Crippen LogP contribution in [0.1, 0.15) is 64.9 Å². The smallest absolute Gasteiger partial charge is 0.253 e. The van der Waals surface area contributed by atoms with Gasteiger partial charge in [0.15, 0.2) is 0 Å². The molecule has 0 atom stereocenters. The van der Waals surface area contributed by atoms with E-state index in [2.05, 4.69) is 80.9 Å². The van der Waals surface area contributed by atoms with Crippen molar-refractivity contribution in [3.63, 3.8) is 0 Å². The van der Waals surface area contributed by atoms with Crippen LogP contribution in [0.15, 0.2) is 48.5 Å². The molecule has 178 valence electrons. The Kier molecular flexibility index (Phi) is 6.74. The Morgan fingerprint density at radius 1 is 0.912 bits per heavy atom. The predicted molar refractivity (Wildman–Crippen MR) is 139 cm³/mol. The van der Waals surface area contributed by atoms with E-state index >= 15 is 0 Å². The molecule has 0 spiro atoms. The summed E-state index contributed by atoms with van der Waals surface area (Å²) in [5.41, 5.74) is 6.81. The highest BCUT2D eigenvalue weighted by Crippen LogP contribution is 2.26. The van der Waals surface area contributed by atoms with Crippen molar-refractivity contribution in [2.75, 3.05) is 31.1 Å². The van der Waals surface area contributed by atoms with E-state index in [-0.39, 0.29) is 11.3 Å². The van der Waals surface area contributed by atoms with Crippen LogP contribution in [0.2, 0.25) is 0 Å². The molecule has 1 aliphatic heterocycles. The summed E-state index contributed by atoms with van der Waals surface area (Å²) in [5.74, 6) is 1.90. The zero-order valence-electron chi connectivity index (χ0n) is 21.4. The molecule has 0 bridgehead atoms. The average molecular weight is 457 g/mol. The quantitative estimate of drug-likeness (QED) is 0.538. The van der Waals surface area contributed by atoms with Crippen molar-refractivity contribution in [3.05, 3.63) is 87.9 Å². The van der Waals surface area contributed by atoms with Gasteiger partial charge in [0.1, 0.15) is 11.6 Å². The van der Waals surface area contributed by atoms with E-state index in [1.165, 1.54) is 22.3 Å². The Bertz CT molecular complexity index is 1170. The highest BCUT2D eigenvalue weighted by molar-refractivity contribution is 5.94. The minimum Gasteiger partial charge on any atom is -0.353 e. The zero-order valence-corrected chi connectivity index (χ0v) is 21.4. The first-order chi connectivity index (χ1) is 16.1. The maximum atomic E-state index is 13.1. The molecule has 5 heteroatoms. The summed E-state index contributed by atoms with van der Waals surface area (Å²) in [6.45, 7) is 15.6. The lowest BCUT2D eigenvalue weighted by Crippen LogP contribution is -2.49. The summed E-state index contributed by atoms with van der Waals surface area (Å²) in [6, 6.07) is 16.7. The third-order valence-corrected chi connectivity index (χ3v) is 6.63. The van der Waals surface area contributed by atoms with Crippen molar-refractivity contribution in [2.45, 2.75) is 53.4 Å². The Hall–Kier alpha value is -3.21. The molecule has 34 heavy (non-hydrogen) atoms. The number of amides is 1. The summed E-state index contributed by atoms with van der Waals surface area (Å²) >= 11 is 0. The van der Waals surface area contributed by atoms with Crippen LogP contribution in [0.4, 0.5) is 5.82 Å². The van der Waals surface area contributed by atoms with Crippen molar-refractivity contribution < 1.29 is 4.79 Å². The fourth-order valence-corrected chi connectivity index (χ4v) is 4.63. The van der Waals surface area contributed by atoms with E-state index < -0.39 is 0 Å². The first-order valence-electron chi connectivity index (χ1n) is 12.2. The monoisotopic (exact) mass is 456 g/mol. The summed E-state index contributed by atoms with van der Waals surface area (Å²) in [5, 5.41) is 0. The molecule has 0 aliphatic carbocycles. The fourth-order valence-electron chi connectivity index (χ4n) is 4.63. The molecule has 1 amide bonds. The molecule has 1 fully saturated rings. The lowest BCUT2D eigenvalue weighted by Gasteiger charge is -2.36. The van der Waals surface area contributed by atoms with Gasteiger partial charge in [-0.2, -0.15) is 0 Å². The third-order valence-electron chi connectivity index (χ3n) is 6.63. The second kappa shape index (κ2) is 9.57. The summed E-state index contributed by atoms with van der Waals surface area (Å²) < 4.78 is 0. The van der Waals surface area contributed by atoms with E-state index in [0.29, 0.717) is 13.1 Å². The van der Waals surface area contributed by atoms with Gasteiger partial charge in [0.05, 0.1) is 0 Å². The minimum absolute atomic E-state index is 0.0805. The largest absolute Gasteiger partial charge is 0.353 e. The van der Waals surface area contributed by atoms with Crippen LogP contribution in [-0.2, 0) is 11.8 Å². The number of piperazine rings is 1. The van der Waals surface area contributed by atoms with Crippen LogP contribution in [0.3, 0.4) is 0 Å². The Morgan fingerprint density at radius 2 is 1.59 bits per heavy atom. The maximum Gasteiger partial charge on any atom is 0.253 e. The van der Waals surface area contributed by atoms with Crippen LogP contribution in [-0.4, -0.2) is 47.0 Å². The van der Waals surface area contributed by atoms with Crippen LogP contribution in [0, 0.1) is 20.8 Å². The second-order valence-electron chi connectivity index (χ2n) is 10.4. The Morgan fingerprint density at radius 3 is 2.21 bits per heavy atom. The van der Waals surface area contributed by atoms with Crippen LogP contribution in [0.5, 0.6) is 0 Å². The molecule has 0 unspecified atom stereocenters. The van der Waals surface area contributed by atoms with Gasteiger partial charge in [-0.05, 0) is 49.4 Å². The molecule has 0 radical (unpaired) electrons. The van der Waals surface area contributed by atoms with Crippen molar-refractivity contribution in [1.82, 2.24) is 14.9 Å². The van der Waals surface area contributed by atoms with E-state index in [4.69, 9.17) is 4.98 Å². The molecule has 0 N–H and O–H groups in total. The van der Waals surface area contributed by atoms with Gasteiger partial charge in [-0.25, -0.2) is 9.97 Å². The van der Waals surface area contributed by atoms with Gasteiger partial charge in [0, 0.05) is 49.4 Å². The van der Waals surface area contributed by atoms with Crippen LogP contribution < -0.4 is 4.90 Å². The fraction of sp³-hybridized carbons (Fsp3) is 0.414. The number of carbonyl (C=O) groups excluding carboxylic acids is 1. The predicted octanol–water partition coefficient (Wildman–Crippen LogP) is 5.25. The van der Waals surface area contributed by atoms with Gasteiger partial charge in [-0.3, -0.25) is 4.79 Å². The van der Waals surface area contributed by atoms with Crippen molar-refractivity contribution >= 4 is 11.7 Å². The average Bonchev–Trinajstić information content (AvgIpc) is 2.80. The van der Waals surface area contributed by atoms with E-state index in [0.717, 1.165) is 42.4 Å². The minimum atomic E-state index is 0.0805. The number of anilines is 1. The molecule has 4 rings (SSSR count). The molecule has 1 aliphatic rings. The van der Waals surface area contributed by atoms with E-state index in [1.54, 1.807) is 0 Å². The van der Waals surface area contributed by atoms with Crippen molar-refractivity contribution in [1.29, 1.82) is 0 Å². The van der Waals surface area contributed by atoms with E-state index in [9.17, 15) is 4.79 Å². The SMILES string of the molecule is Cc1cccc(Cc2c(C)nc(C)nc2N2CCN(C(=O)c3ccc(C(C)(C)C)cc3)CC2)c1. The first-order valence-corrected chi connectivity index (χ1v) is 12.2. The van der Waals surface area contributed by atoms with Gasteiger partial charge >= 0.3 is 0 Å². The molecule has 1 aromatic heterocycles. The van der Waals surface area contributed by atoms with Gasteiger partial charge in [-0.15, -0.1) is 0 Å². The lowest BCUT2D eigenvalue weighted by molar-refractivity contribution is 0.0746. The summed E-state index contributed by atoms with van der Waals surface area (Å²) in [7, 11) is 0. The molecule has 0 saturated carbocycles. The highest BCUT2D eigenvalue weighted by atomic mass is 16.2. The van der Waals surface area contributed by atoms with Gasteiger partial charge in [0.2, 0.25) is 0 Å². The molecular formula is C29H36N4O. The maximum absolute atomic E-state index is 13.1. The van der Waals surface area contributed by atoms with Crippen molar-refractivity contribution in [3.8, 4) is 0 Å². The van der Waals surface area contributed by atoms with Gasteiger partial charge in [-0.1, -0.05) is 62.7 Å². The molecule has 2 heterocycles. The normalized spacial score (nSPS) is 14.4. The second-order valence-corrected chi connectivity index (χ2v) is 10.4. The van der Waals surface area contributed by atoms with Gasteiger partial charge < -0.3 is 9.80 Å². The number of carbonyl (C=O) groups is 1. The van der Waals surface area contributed by atoms with Crippen LogP contribution in [0.25, 0.3) is 0 Å². The number of aromatic nitrogens is 2. The number of aryl methyl sites for hydroxylation is 3. The number of nitrogens with zero attached hydrogens (tertiary/aromatic N) is 4. The Labute approximate surface area is 203 Å². The molecular weight excluding hydrogens is 420 g/mol.